The third-order valence-electron chi connectivity index (χ3n) is 6.42. The molecule has 2 N–H and O–H groups in total. The molecule has 3 aromatic rings. The number of halogens is 1. The van der Waals surface area contributed by atoms with Gasteiger partial charge in [-0.05, 0) is 66.8 Å². The number of hydrazine groups is 1. The molecule has 4 nitrogen and oxygen atoms in total. The number of nitrogens with one attached hydrogen (secondary N) is 2. The number of hydrogen-bond acceptors (Lipinski definition) is 4. The summed E-state index contributed by atoms with van der Waals surface area (Å²) in [7, 11) is 0. The van der Waals surface area contributed by atoms with Crippen LogP contribution in [0.25, 0.3) is 10.9 Å². The second-order valence-electron chi connectivity index (χ2n) is 8.38. The molecule has 3 heterocycles. The first-order chi connectivity index (χ1) is 14.3. The SMILES string of the molecule is Fc1cccc(C2CNNC2C2CCCN(Cc3ccc4ncccc4c3)C2)c1. The second kappa shape index (κ2) is 8.19. The van der Waals surface area contributed by atoms with Gasteiger partial charge in [0.15, 0.2) is 0 Å². The summed E-state index contributed by atoms with van der Waals surface area (Å²) in [6.07, 6.45) is 4.26. The number of likely N-dealkylation sites (tertiary alicyclic amines) is 1. The van der Waals surface area contributed by atoms with Crippen LogP contribution < -0.4 is 10.9 Å². The van der Waals surface area contributed by atoms with E-state index >= 15 is 0 Å². The predicted octanol–water partition coefficient (Wildman–Crippen LogP) is 3.85. The fraction of sp³-hybridized carbons (Fsp3) is 0.375. The zero-order chi connectivity index (χ0) is 19.6. The van der Waals surface area contributed by atoms with Gasteiger partial charge in [0.2, 0.25) is 0 Å². The van der Waals surface area contributed by atoms with Gasteiger partial charge in [0.05, 0.1) is 5.52 Å². The summed E-state index contributed by atoms with van der Waals surface area (Å²) in [6.45, 7) is 4.01. The van der Waals surface area contributed by atoms with E-state index in [1.54, 1.807) is 6.07 Å². The van der Waals surface area contributed by atoms with Crippen molar-refractivity contribution in [3.8, 4) is 0 Å². The summed E-state index contributed by atoms with van der Waals surface area (Å²) in [6, 6.07) is 18.1. The molecule has 0 amide bonds. The maximum absolute atomic E-state index is 13.8. The molecule has 0 saturated carbocycles. The van der Waals surface area contributed by atoms with Crippen molar-refractivity contribution >= 4 is 10.9 Å². The topological polar surface area (TPSA) is 40.2 Å². The molecule has 3 unspecified atom stereocenters. The van der Waals surface area contributed by atoms with Crippen LogP contribution in [0.2, 0.25) is 0 Å². The highest BCUT2D eigenvalue weighted by molar-refractivity contribution is 5.78. The lowest BCUT2D eigenvalue weighted by Crippen LogP contribution is -2.46. The minimum atomic E-state index is -0.149. The molecule has 5 heteroatoms. The number of rotatable bonds is 4. The monoisotopic (exact) mass is 390 g/mol. The van der Waals surface area contributed by atoms with Gasteiger partial charge in [-0.1, -0.05) is 24.3 Å². The van der Waals surface area contributed by atoms with E-state index in [-0.39, 0.29) is 5.82 Å². The molecule has 2 aliphatic heterocycles. The van der Waals surface area contributed by atoms with Crippen molar-refractivity contribution in [2.24, 2.45) is 5.92 Å². The van der Waals surface area contributed by atoms with E-state index in [1.165, 1.54) is 29.9 Å². The van der Waals surface area contributed by atoms with Gasteiger partial charge in [-0.25, -0.2) is 4.39 Å². The summed E-state index contributed by atoms with van der Waals surface area (Å²) >= 11 is 0. The van der Waals surface area contributed by atoms with Crippen molar-refractivity contribution in [3.05, 3.63) is 77.7 Å². The molecule has 29 heavy (non-hydrogen) atoms. The molecule has 3 atom stereocenters. The number of hydrogen-bond donors (Lipinski definition) is 2. The predicted molar refractivity (Wildman–Crippen MR) is 114 cm³/mol. The van der Waals surface area contributed by atoms with Gasteiger partial charge in [0.25, 0.3) is 0 Å². The minimum Gasteiger partial charge on any atom is -0.299 e. The third-order valence-corrected chi connectivity index (χ3v) is 6.42. The van der Waals surface area contributed by atoms with E-state index in [9.17, 15) is 4.39 Å². The van der Waals surface area contributed by atoms with Gasteiger partial charge in [-0.3, -0.25) is 20.7 Å². The van der Waals surface area contributed by atoms with E-state index in [4.69, 9.17) is 0 Å². The van der Waals surface area contributed by atoms with Gasteiger partial charge >= 0.3 is 0 Å². The van der Waals surface area contributed by atoms with Crippen LogP contribution in [-0.4, -0.2) is 35.6 Å². The molecule has 2 fully saturated rings. The number of pyridine rings is 1. The maximum Gasteiger partial charge on any atom is 0.123 e. The molecule has 150 valence electrons. The highest BCUT2D eigenvalue weighted by Crippen LogP contribution is 2.32. The Hall–Kier alpha value is -2.34. The number of fused-ring (bicyclic) bond motifs is 1. The second-order valence-corrected chi connectivity index (χ2v) is 8.38. The molecule has 2 saturated heterocycles. The van der Waals surface area contributed by atoms with Gasteiger partial charge in [-0.15, -0.1) is 0 Å². The molecule has 2 aliphatic rings. The van der Waals surface area contributed by atoms with E-state index in [0.717, 1.165) is 37.3 Å². The van der Waals surface area contributed by atoms with Gasteiger partial charge in [0, 0.05) is 43.2 Å². The van der Waals surface area contributed by atoms with E-state index in [1.807, 2.05) is 18.3 Å². The molecule has 0 aliphatic carbocycles. The molecule has 1 aromatic heterocycles. The van der Waals surface area contributed by atoms with E-state index in [2.05, 4.69) is 51.1 Å². The lowest BCUT2D eigenvalue weighted by atomic mass is 9.81. The van der Waals surface area contributed by atoms with Crippen LogP contribution in [0.5, 0.6) is 0 Å². The Morgan fingerprint density at radius 1 is 1.10 bits per heavy atom. The lowest BCUT2D eigenvalue weighted by Gasteiger charge is -2.37. The summed E-state index contributed by atoms with van der Waals surface area (Å²) in [5.41, 5.74) is 10.3. The number of benzene rings is 2. The summed E-state index contributed by atoms with van der Waals surface area (Å²) in [4.78, 5) is 6.99. The Kier molecular flexibility index (Phi) is 5.27. The van der Waals surface area contributed by atoms with Crippen molar-refractivity contribution in [3.63, 3.8) is 0 Å². The van der Waals surface area contributed by atoms with Crippen LogP contribution in [0.4, 0.5) is 4.39 Å². The normalized spacial score (nSPS) is 25.5. The van der Waals surface area contributed by atoms with Crippen molar-refractivity contribution in [1.29, 1.82) is 0 Å². The molecule has 0 radical (unpaired) electrons. The quantitative estimate of drug-likeness (QED) is 0.710. The van der Waals surface area contributed by atoms with Crippen LogP contribution >= 0.6 is 0 Å². The van der Waals surface area contributed by atoms with E-state index in [0.29, 0.717) is 17.9 Å². The fourth-order valence-electron chi connectivity index (χ4n) is 5.03. The van der Waals surface area contributed by atoms with Crippen LogP contribution in [0.15, 0.2) is 60.8 Å². The molecule has 2 aromatic carbocycles. The molecule has 5 rings (SSSR count). The smallest absolute Gasteiger partial charge is 0.123 e. The van der Waals surface area contributed by atoms with Gasteiger partial charge in [0.1, 0.15) is 5.82 Å². The molecular weight excluding hydrogens is 363 g/mol. The number of piperidine rings is 1. The maximum atomic E-state index is 13.8. The van der Waals surface area contributed by atoms with Crippen molar-refractivity contribution in [2.75, 3.05) is 19.6 Å². The Labute approximate surface area is 171 Å². The average Bonchev–Trinajstić information content (AvgIpc) is 3.24. The summed E-state index contributed by atoms with van der Waals surface area (Å²) < 4.78 is 13.8. The Balaban J connectivity index is 1.29. The Morgan fingerprint density at radius 2 is 2.07 bits per heavy atom. The third kappa shape index (κ3) is 4.04. The highest BCUT2D eigenvalue weighted by Gasteiger charge is 2.36. The lowest BCUT2D eigenvalue weighted by molar-refractivity contribution is 0.139. The van der Waals surface area contributed by atoms with Crippen LogP contribution in [0.3, 0.4) is 0 Å². The van der Waals surface area contributed by atoms with Crippen LogP contribution in [-0.2, 0) is 6.54 Å². The zero-order valence-corrected chi connectivity index (χ0v) is 16.5. The first kappa shape index (κ1) is 18.7. The Bertz CT molecular complexity index is 991. The standard InChI is InChI=1S/C24H27FN4/c25-21-7-1-4-18(13-21)22-14-27-28-24(22)20-6-3-11-29(16-20)15-17-8-9-23-19(12-17)5-2-10-26-23/h1-2,4-5,7-10,12-13,20,22,24,27-28H,3,6,11,14-16H2. The Morgan fingerprint density at radius 3 is 3.00 bits per heavy atom. The largest absolute Gasteiger partial charge is 0.299 e. The molecular formula is C24H27FN4. The first-order valence-corrected chi connectivity index (χ1v) is 10.6. The van der Waals surface area contributed by atoms with Crippen LogP contribution in [0.1, 0.15) is 29.9 Å². The van der Waals surface area contributed by atoms with Crippen molar-refractivity contribution in [1.82, 2.24) is 20.7 Å². The average molecular weight is 391 g/mol. The van der Waals surface area contributed by atoms with Gasteiger partial charge < -0.3 is 0 Å². The summed E-state index contributed by atoms with van der Waals surface area (Å²) in [5, 5.41) is 1.20. The molecule has 0 bridgehead atoms. The highest BCUT2D eigenvalue weighted by atomic mass is 19.1. The van der Waals surface area contributed by atoms with Crippen LogP contribution in [0, 0.1) is 11.7 Å². The number of nitrogens with zero attached hydrogens (tertiary/aromatic N) is 2. The molecule has 0 spiro atoms. The summed E-state index contributed by atoms with van der Waals surface area (Å²) in [5.74, 6) is 0.709. The first-order valence-electron chi connectivity index (χ1n) is 10.6. The minimum absolute atomic E-state index is 0.149. The van der Waals surface area contributed by atoms with Gasteiger partial charge in [-0.2, -0.15) is 0 Å². The van der Waals surface area contributed by atoms with E-state index < -0.39 is 0 Å². The van der Waals surface area contributed by atoms with Crippen molar-refractivity contribution in [2.45, 2.75) is 31.3 Å². The van der Waals surface area contributed by atoms with Crippen molar-refractivity contribution < 1.29 is 4.39 Å². The zero-order valence-electron chi connectivity index (χ0n) is 16.5. The fourth-order valence-corrected chi connectivity index (χ4v) is 5.03. The number of aromatic nitrogens is 1.